The van der Waals surface area contributed by atoms with Crippen molar-refractivity contribution in [2.24, 2.45) is 11.1 Å². The van der Waals surface area contributed by atoms with Crippen molar-refractivity contribution in [3.05, 3.63) is 23.9 Å². The smallest absolute Gasteiger partial charge is 0.233 e. The zero-order valence-electron chi connectivity index (χ0n) is 11.5. The number of ether oxygens (including phenoxy) is 1. The van der Waals surface area contributed by atoms with Gasteiger partial charge in [-0.05, 0) is 18.4 Å². The van der Waals surface area contributed by atoms with E-state index in [1.807, 2.05) is 6.07 Å². The van der Waals surface area contributed by atoms with Crippen molar-refractivity contribution in [3.8, 4) is 5.88 Å². The molecule has 6 heteroatoms. The third kappa shape index (κ3) is 2.90. The van der Waals surface area contributed by atoms with Crippen LogP contribution in [0.25, 0.3) is 0 Å². The zero-order valence-corrected chi connectivity index (χ0v) is 12.3. The minimum Gasteiger partial charge on any atom is -0.481 e. The number of hydrogen-bond donors (Lipinski definition) is 2. The second kappa shape index (κ2) is 6.17. The molecule has 1 fully saturated rings. The second-order valence-corrected chi connectivity index (χ2v) is 5.48. The first-order valence-electron chi connectivity index (χ1n) is 6.65. The van der Waals surface area contributed by atoms with Crippen LogP contribution < -0.4 is 15.8 Å². The summed E-state index contributed by atoms with van der Waals surface area (Å²) < 4.78 is 4.99. The Morgan fingerprint density at radius 2 is 2.20 bits per heavy atom. The van der Waals surface area contributed by atoms with E-state index in [0.29, 0.717) is 17.4 Å². The van der Waals surface area contributed by atoms with Gasteiger partial charge in [-0.3, -0.25) is 4.79 Å². The number of thiocarbonyl (C=S) groups is 1. The molecule has 0 spiro atoms. The van der Waals surface area contributed by atoms with E-state index in [1.54, 1.807) is 19.4 Å². The number of nitrogens with one attached hydrogen (secondary N) is 1. The van der Waals surface area contributed by atoms with Crippen molar-refractivity contribution in [1.82, 2.24) is 10.3 Å². The van der Waals surface area contributed by atoms with Gasteiger partial charge in [-0.2, -0.15) is 0 Å². The molecule has 0 atom stereocenters. The zero-order chi connectivity index (χ0) is 14.6. The van der Waals surface area contributed by atoms with Crippen LogP contribution in [0.5, 0.6) is 5.88 Å². The first kappa shape index (κ1) is 14.7. The molecule has 0 aromatic carbocycles. The highest BCUT2D eigenvalue weighted by molar-refractivity contribution is 7.80. The number of hydrogen-bond acceptors (Lipinski definition) is 4. The van der Waals surface area contributed by atoms with Crippen molar-refractivity contribution >= 4 is 23.1 Å². The summed E-state index contributed by atoms with van der Waals surface area (Å²) in [7, 11) is 1.57. The molecule has 1 aliphatic rings. The number of rotatable bonds is 5. The van der Waals surface area contributed by atoms with Gasteiger partial charge in [0.05, 0.1) is 17.5 Å². The Balaban J connectivity index is 1.98. The number of carbonyl (C=O) groups is 1. The number of amides is 1. The maximum Gasteiger partial charge on any atom is 0.233 e. The Kier molecular flexibility index (Phi) is 4.54. The lowest BCUT2D eigenvalue weighted by atomic mass is 9.85. The quantitative estimate of drug-likeness (QED) is 0.806. The molecule has 108 valence electrons. The number of methoxy groups -OCH3 is 1. The summed E-state index contributed by atoms with van der Waals surface area (Å²) in [5.41, 5.74) is 6.04. The Hall–Kier alpha value is -1.69. The molecule has 2 rings (SSSR count). The van der Waals surface area contributed by atoms with Crippen LogP contribution >= 0.6 is 12.2 Å². The Morgan fingerprint density at radius 3 is 2.70 bits per heavy atom. The van der Waals surface area contributed by atoms with Gasteiger partial charge in [0.15, 0.2) is 0 Å². The van der Waals surface area contributed by atoms with Crippen LogP contribution in [0.15, 0.2) is 18.3 Å². The average Bonchev–Trinajstić information content (AvgIpc) is 2.96. The first-order valence-corrected chi connectivity index (χ1v) is 7.06. The van der Waals surface area contributed by atoms with Gasteiger partial charge in [0.25, 0.3) is 0 Å². The van der Waals surface area contributed by atoms with Crippen LogP contribution in [0.4, 0.5) is 0 Å². The Bertz CT molecular complexity index is 496. The summed E-state index contributed by atoms with van der Waals surface area (Å²) in [5, 5.41) is 2.91. The molecule has 0 saturated heterocycles. The van der Waals surface area contributed by atoms with Crippen molar-refractivity contribution in [1.29, 1.82) is 0 Å². The lowest BCUT2D eigenvalue weighted by molar-refractivity contribution is -0.127. The Labute approximate surface area is 123 Å². The maximum atomic E-state index is 12.4. The standard InChI is InChI=1S/C14H19N3O2S/c1-19-11-5-4-10(8-16-11)9-17-13(18)14(12(15)20)6-2-3-7-14/h4-5,8H,2-3,6-7,9H2,1H3,(H2,15,20)(H,17,18). The topological polar surface area (TPSA) is 77.2 Å². The fourth-order valence-electron chi connectivity index (χ4n) is 2.55. The van der Waals surface area contributed by atoms with E-state index in [1.165, 1.54) is 0 Å². The van der Waals surface area contributed by atoms with Crippen molar-refractivity contribution in [2.45, 2.75) is 32.2 Å². The minimum atomic E-state index is -0.658. The molecule has 1 heterocycles. The highest BCUT2D eigenvalue weighted by atomic mass is 32.1. The molecule has 0 unspecified atom stereocenters. The predicted molar refractivity (Wildman–Crippen MR) is 80.3 cm³/mol. The Morgan fingerprint density at radius 1 is 1.50 bits per heavy atom. The first-order chi connectivity index (χ1) is 9.58. The van der Waals surface area contributed by atoms with E-state index in [2.05, 4.69) is 10.3 Å². The highest BCUT2D eigenvalue weighted by Gasteiger charge is 2.43. The van der Waals surface area contributed by atoms with E-state index >= 15 is 0 Å². The van der Waals surface area contributed by atoms with Crippen LogP contribution in [-0.4, -0.2) is 23.0 Å². The normalized spacial score (nSPS) is 16.6. The fraction of sp³-hybridized carbons (Fsp3) is 0.500. The van der Waals surface area contributed by atoms with Gasteiger partial charge in [-0.15, -0.1) is 0 Å². The van der Waals surface area contributed by atoms with Crippen LogP contribution in [0.3, 0.4) is 0 Å². The van der Waals surface area contributed by atoms with Crippen LogP contribution in [-0.2, 0) is 11.3 Å². The summed E-state index contributed by atoms with van der Waals surface area (Å²) in [6.45, 7) is 0.417. The molecule has 3 N–H and O–H groups in total. The van der Waals surface area contributed by atoms with E-state index in [-0.39, 0.29) is 5.91 Å². The summed E-state index contributed by atoms with van der Waals surface area (Å²) >= 11 is 5.10. The molecule has 1 aromatic rings. The number of aromatic nitrogens is 1. The summed E-state index contributed by atoms with van der Waals surface area (Å²) in [6, 6.07) is 3.63. The minimum absolute atomic E-state index is 0.0710. The fourth-order valence-corrected chi connectivity index (χ4v) is 2.85. The van der Waals surface area contributed by atoms with Crippen LogP contribution in [0, 0.1) is 5.41 Å². The van der Waals surface area contributed by atoms with Crippen molar-refractivity contribution < 1.29 is 9.53 Å². The molecule has 0 aliphatic heterocycles. The van der Waals surface area contributed by atoms with Gasteiger partial charge < -0.3 is 15.8 Å². The highest BCUT2D eigenvalue weighted by Crippen LogP contribution is 2.38. The molecule has 1 aromatic heterocycles. The summed E-state index contributed by atoms with van der Waals surface area (Å²) in [5.74, 6) is 0.480. The lowest BCUT2D eigenvalue weighted by Crippen LogP contribution is -2.46. The average molecular weight is 293 g/mol. The lowest BCUT2D eigenvalue weighted by Gasteiger charge is -2.26. The third-order valence-corrected chi connectivity index (χ3v) is 4.21. The van der Waals surface area contributed by atoms with Gasteiger partial charge >= 0.3 is 0 Å². The van der Waals surface area contributed by atoms with E-state index in [0.717, 1.165) is 31.2 Å². The number of carbonyl (C=O) groups excluding carboxylic acids is 1. The number of pyridine rings is 1. The van der Waals surface area contributed by atoms with Crippen molar-refractivity contribution in [2.75, 3.05) is 7.11 Å². The van der Waals surface area contributed by atoms with Gasteiger partial charge in [-0.1, -0.05) is 31.1 Å². The molecule has 1 saturated carbocycles. The van der Waals surface area contributed by atoms with Gasteiger partial charge in [0.2, 0.25) is 11.8 Å². The van der Waals surface area contributed by atoms with Crippen LogP contribution in [0.2, 0.25) is 0 Å². The SMILES string of the molecule is COc1ccc(CNC(=O)C2(C(N)=S)CCCC2)cn1. The maximum absolute atomic E-state index is 12.4. The molecule has 1 aliphatic carbocycles. The number of nitrogens with zero attached hydrogens (tertiary/aromatic N) is 1. The molecule has 5 nitrogen and oxygen atoms in total. The molecule has 0 radical (unpaired) electrons. The number of nitrogens with two attached hydrogens (primary N) is 1. The van der Waals surface area contributed by atoms with Gasteiger partial charge in [0, 0.05) is 18.8 Å². The predicted octanol–water partition coefficient (Wildman–Crippen LogP) is 1.55. The largest absolute Gasteiger partial charge is 0.481 e. The van der Waals surface area contributed by atoms with Crippen molar-refractivity contribution in [3.63, 3.8) is 0 Å². The molecule has 0 bridgehead atoms. The molecule has 1 amide bonds. The van der Waals surface area contributed by atoms with Gasteiger partial charge in [0.1, 0.15) is 0 Å². The van der Waals surface area contributed by atoms with E-state index in [4.69, 9.17) is 22.7 Å². The van der Waals surface area contributed by atoms with E-state index in [9.17, 15) is 4.79 Å². The molecular weight excluding hydrogens is 274 g/mol. The van der Waals surface area contributed by atoms with E-state index < -0.39 is 5.41 Å². The molecular formula is C14H19N3O2S. The third-order valence-electron chi connectivity index (χ3n) is 3.82. The van der Waals surface area contributed by atoms with Gasteiger partial charge in [-0.25, -0.2) is 4.98 Å². The molecule has 20 heavy (non-hydrogen) atoms. The summed E-state index contributed by atoms with van der Waals surface area (Å²) in [6.07, 6.45) is 5.16. The second-order valence-electron chi connectivity index (χ2n) is 5.04. The summed E-state index contributed by atoms with van der Waals surface area (Å²) in [4.78, 5) is 16.8. The van der Waals surface area contributed by atoms with Crippen LogP contribution in [0.1, 0.15) is 31.2 Å². The monoisotopic (exact) mass is 293 g/mol.